The fourth-order valence-corrected chi connectivity index (χ4v) is 2.50. The van der Waals surface area contributed by atoms with Gasteiger partial charge in [0.1, 0.15) is 23.0 Å². The van der Waals surface area contributed by atoms with Crippen molar-refractivity contribution in [2.24, 2.45) is 11.1 Å². The first kappa shape index (κ1) is 15.3. The lowest BCUT2D eigenvalue weighted by atomic mass is 9.93. The largest absolute Gasteiger partial charge is 0.411 e. The zero-order valence-electron chi connectivity index (χ0n) is 11.4. The van der Waals surface area contributed by atoms with Crippen LogP contribution >= 0.6 is 0 Å². The van der Waals surface area contributed by atoms with Crippen LogP contribution in [0.25, 0.3) is 0 Å². The molecule has 21 heavy (non-hydrogen) atoms. The zero-order valence-corrected chi connectivity index (χ0v) is 11.4. The number of amides is 1. The van der Waals surface area contributed by atoms with Crippen molar-refractivity contribution < 1.29 is 23.2 Å². The standard InChI is InChI=1S/C14H15F3N2O2/c1-2-8-7-19(4-3-12(8)18-21)14(20)13-10(16)5-9(15)6-11(13)17/h5-6,8,21H,2-4,7H2,1H3. The van der Waals surface area contributed by atoms with Crippen LogP contribution in [0.1, 0.15) is 30.1 Å². The van der Waals surface area contributed by atoms with E-state index in [2.05, 4.69) is 5.16 Å². The van der Waals surface area contributed by atoms with E-state index >= 15 is 0 Å². The molecule has 0 radical (unpaired) electrons. The lowest BCUT2D eigenvalue weighted by molar-refractivity contribution is 0.0719. The maximum absolute atomic E-state index is 13.6. The van der Waals surface area contributed by atoms with Gasteiger partial charge in [-0.2, -0.15) is 0 Å². The van der Waals surface area contributed by atoms with Gasteiger partial charge in [-0.3, -0.25) is 4.79 Å². The number of piperidine rings is 1. The predicted molar refractivity (Wildman–Crippen MR) is 69.8 cm³/mol. The zero-order chi connectivity index (χ0) is 15.6. The van der Waals surface area contributed by atoms with E-state index in [4.69, 9.17) is 5.21 Å². The van der Waals surface area contributed by atoms with Gasteiger partial charge in [-0.15, -0.1) is 0 Å². The summed E-state index contributed by atoms with van der Waals surface area (Å²) in [5.74, 6) is -4.47. The molecule has 0 saturated carbocycles. The van der Waals surface area contributed by atoms with Crippen molar-refractivity contribution in [3.8, 4) is 0 Å². The summed E-state index contributed by atoms with van der Waals surface area (Å²) in [4.78, 5) is 13.5. The number of benzene rings is 1. The van der Waals surface area contributed by atoms with E-state index in [1.165, 1.54) is 4.90 Å². The Bertz CT molecular complexity index is 567. The number of carbonyl (C=O) groups is 1. The lowest BCUT2D eigenvalue weighted by Gasteiger charge is -2.33. The van der Waals surface area contributed by atoms with Crippen LogP contribution in [0.5, 0.6) is 0 Å². The van der Waals surface area contributed by atoms with E-state index in [-0.39, 0.29) is 19.0 Å². The number of rotatable bonds is 2. The van der Waals surface area contributed by atoms with Gasteiger partial charge in [0, 0.05) is 37.6 Å². The van der Waals surface area contributed by atoms with Crippen LogP contribution in [0.3, 0.4) is 0 Å². The van der Waals surface area contributed by atoms with Gasteiger partial charge >= 0.3 is 0 Å². The third kappa shape index (κ3) is 3.01. The Kier molecular flexibility index (Phi) is 4.50. The molecule has 4 nitrogen and oxygen atoms in total. The van der Waals surface area contributed by atoms with E-state index in [1.54, 1.807) is 0 Å². The summed E-state index contributed by atoms with van der Waals surface area (Å²) in [7, 11) is 0. The summed E-state index contributed by atoms with van der Waals surface area (Å²) in [5, 5.41) is 12.1. The first-order valence-electron chi connectivity index (χ1n) is 6.62. The summed E-state index contributed by atoms with van der Waals surface area (Å²) in [6.45, 7) is 2.28. The van der Waals surface area contributed by atoms with Gasteiger partial charge in [0.25, 0.3) is 5.91 Å². The number of halogens is 3. The molecular weight excluding hydrogens is 285 g/mol. The summed E-state index contributed by atoms with van der Waals surface area (Å²) in [6, 6.07) is 0.969. The molecule has 1 aliphatic heterocycles. The maximum Gasteiger partial charge on any atom is 0.259 e. The van der Waals surface area contributed by atoms with E-state index in [0.29, 0.717) is 30.7 Å². The monoisotopic (exact) mass is 300 g/mol. The Labute approximate surface area is 119 Å². The average molecular weight is 300 g/mol. The molecule has 1 amide bonds. The van der Waals surface area contributed by atoms with Crippen LogP contribution in [-0.4, -0.2) is 34.8 Å². The van der Waals surface area contributed by atoms with Crippen molar-refractivity contribution in [2.75, 3.05) is 13.1 Å². The molecule has 7 heteroatoms. The molecule has 1 heterocycles. The molecule has 1 aromatic rings. The van der Waals surface area contributed by atoms with Crippen molar-refractivity contribution in [1.29, 1.82) is 0 Å². The summed E-state index contributed by atoms with van der Waals surface area (Å²) in [5.41, 5.74) is -0.183. The molecule has 2 rings (SSSR count). The van der Waals surface area contributed by atoms with Gasteiger partial charge in [0.2, 0.25) is 0 Å². The number of hydrogen-bond acceptors (Lipinski definition) is 3. The fourth-order valence-electron chi connectivity index (χ4n) is 2.50. The minimum atomic E-state index is -1.22. The average Bonchev–Trinajstić information content (AvgIpc) is 2.45. The van der Waals surface area contributed by atoms with Gasteiger partial charge in [0.05, 0.1) is 5.71 Å². The normalized spacial score (nSPS) is 20.9. The molecule has 1 unspecified atom stereocenters. The van der Waals surface area contributed by atoms with Crippen molar-refractivity contribution >= 4 is 11.6 Å². The second kappa shape index (κ2) is 6.15. The number of hydrogen-bond donors (Lipinski definition) is 1. The minimum Gasteiger partial charge on any atom is -0.411 e. The van der Waals surface area contributed by atoms with Gasteiger partial charge in [-0.05, 0) is 6.42 Å². The van der Waals surface area contributed by atoms with Crippen LogP contribution < -0.4 is 0 Å². The van der Waals surface area contributed by atoms with Gasteiger partial charge < -0.3 is 10.1 Å². The molecule has 114 valence electrons. The van der Waals surface area contributed by atoms with Crippen molar-refractivity contribution in [2.45, 2.75) is 19.8 Å². The Hall–Kier alpha value is -2.05. The smallest absolute Gasteiger partial charge is 0.259 e. The Morgan fingerprint density at radius 1 is 1.38 bits per heavy atom. The molecule has 1 fully saturated rings. The van der Waals surface area contributed by atoms with Gasteiger partial charge in [-0.1, -0.05) is 12.1 Å². The second-order valence-electron chi connectivity index (χ2n) is 4.94. The quantitative estimate of drug-likeness (QED) is 0.674. The number of oxime groups is 1. The molecule has 0 aromatic heterocycles. The Morgan fingerprint density at radius 3 is 2.52 bits per heavy atom. The topological polar surface area (TPSA) is 52.9 Å². The molecule has 1 aliphatic rings. The highest BCUT2D eigenvalue weighted by molar-refractivity contribution is 5.96. The molecule has 0 aliphatic carbocycles. The predicted octanol–water partition coefficient (Wildman–Crippen LogP) is 2.81. The van der Waals surface area contributed by atoms with E-state index in [0.717, 1.165) is 0 Å². The highest BCUT2D eigenvalue weighted by Gasteiger charge is 2.31. The van der Waals surface area contributed by atoms with Crippen LogP contribution in [0, 0.1) is 23.4 Å². The molecule has 1 atom stereocenters. The minimum absolute atomic E-state index is 0.153. The van der Waals surface area contributed by atoms with Gasteiger partial charge in [0.15, 0.2) is 0 Å². The Morgan fingerprint density at radius 2 is 2.00 bits per heavy atom. The lowest BCUT2D eigenvalue weighted by Crippen LogP contribution is -2.44. The molecular formula is C14H15F3N2O2. The van der Waals surface area contributed by atoms with E-state index in [1.807, 2.05) is 6.92 Å². The van der Waals surface area contributed by atoms with Crippen molar-refractivity contribution in [1.82, 2.24) is 4.90 Å². The first-order chi connectivity index (χ1) is 9.97. The highest BCUT2D eigenvalue weighted by atomic mass is 19.1. The van der Waals surface area contributed by atoms with Gasteiger partial charge in [-0.25, -0.2) is 13.2 Å². The molecule has 0 spiro atoms. The van der Waals surface area contributed by atoms with Crippen LogP contribution in [-0.2, 0) is 0 Å². The summed E-state index contributed by atoms with van der Waals surface area (Å²) in [6.07, 6.45) is 0.975. The van der Waals surface area contributed by atoms with E-state index < -0.39 is 28.9 Å². The first-order valence-corrected chi connectivity index (χ1v) is 6.62. The number of carbonyl (C=O) groups excluding carboxylic acids is 1. The molecule has 1 N–H and O–H groups in total. The maximum atomic E-state index is 13.6. The number of likely N-dealkylation sites (tertiary alicyclic amines) is 1. The summed E-state index contributed by atoms with van der Waals surface area (Å²) < 4.78 is 40.2. The SMILES string of the molecule is CCC1CN(C(=O)c2c(F)cc(F)cc2F)CCC1=NO. The van der Waals surface area contributed by atoms with E-state index in [9.17, 15) is 18.0 Å². The summed E-state index contributed by atoms with van der Waals surface area (Å²) >= 11 is 0. The van der Waals surface area contributed by atoms with Crippen LogP contribution in [0.15, 0.2) is 17.3 Å². The third-order valence-electron chi connectivity index (χ3n) is 3.68. The third-order valence-corrected chi connectivity index (χ3v) is 3.68. The fraction of sp³-hybridized carbons (Fsp3) is 0.429. The second-order valence-corrected chi connectivity index (χ2v) is 4.94. The number of nitrogens with zero attached hydrogens (tertiary/aromatic N) is 2. The molecule has 0 bridgehead atoms. The Balaban J connectivity index is 2.26. The highest BCUT2D eigenvalue weighted by Crippen LogP contribution is 2.22. The van der Waals surface area contributed by atoms with Crippen LogP contribution in [0.2, 0.25) is 0 Å². The van der Waals surface area contributed by atoms with Crippen molar-refractivity contribution in [3.05, 3.63) is 35.1 Å². The van der Waals surface area contributed by atoms with Crippen LogP contribution in [0.4, 0.5) is 13.2 Å². The van der Waals surface area contributed by atoms with Crippen molar-refractivity contribution in [3.63, 3.8) is 0 Å². The molecule has 1 saturated heterocycles. The molecule has 1 aromatic carbocycles.